The third kappa shape index (κ3) is 1.80. The van der Waals surface area contributed by atoms with Crippen molar-refractivity contribution in [2.24, 2.45) is 0 Å². The van der Waals surface area contributed by atoms with Crippen molar-refractivity contribution in [2.45, 2.75) is 25.6 Å². The minimum absolute atomic E-state index is 0.0878. The quantitative estimate of drug-likeness (QED) is 0.628. The minimum atomic E-state index is 0.0878. The van der Waals surface area contributed by atoms with E-state index in [1.54, 1.807) is 0 Å². The van der Waals surface area contributed by atoms with Crippen molar-refractivity contribution in [3.05, 3.63) is 34.9 Å². The molecule has 0 spiro atoms. The Kier molecular flexibility index (Phi) is 2.82. The summed E-state index contributed by atoms with van der Waals surface area (Å²) in [6.45, 7) is 1.07. The lowest BCUT2D eigenvalue weighted by atomic mass is 9.94. The Morgan fingerprint density at radius 1 is 1.29 bits per heavy atom. The van der Waals surface area contributed by atoms with Gasteiger partial charge in [-0.05, 0) is 23.1 Å². The highest BCUT2D eigenvalue weighted by Crippen LogP contribution is 2.18. The number of fused-ring (bicyclic) bond motifs is 1. The van der Waals surface area contributed by atoms with E-state index >= 15 is 0 Å². The molecule has 76 valence electrons. The van der Waals surface area contributed by atoms with Crippen LogP contribution >= 0.6 is 0 Å². The molecule has 1 aliphatic heterocycles. The summed E-state index contributed by atoms with van der Waals surface area (Å²) >= 11 is 0. The molecule has 1 heterocycles. The van der Waals surface area contributed by atoms with E-state index in [2.05, 4.69) is 5.32 Å². The van der Waals surface area contributed by atoms with Crippen LogP contribution in [0.25, 0.3) is 0 Å². The lowest BCUT2D eigenvalue weighted by Crippen LogP contribution is -2.38. The first-order chi connectivity index (χ1) is 6.83. The highest BCUT2D eigenvalue weighted by Gasteiger charge is 2.16. The molecule has 3 nitrogen and oxygen atoms in total. The average Bonchev–Trinajstić information content (AvgIpc) is 2.27. The Morgan fingerprint density at radius 2 is 2.14 bits per heavy atom. The fourth-order valence-electron chi connectivity index (χ4n) is 1.86. The number of hydrogen-bond acceptors (Lipinski definition) is 3. The van der Waals surface area contributed by atoms with Gasteiger partial charge >= 0.3 is 0 Å². The van der Waals surface area contributed by atoms with Gasteiger partial charge in [-0.2, -0.15) is 0 Å². The smallest absolute Gasteiger partial charge is 0.0681 e. The Bertz CT molecular complexity index is 325. The lowest BCUT2D eigenvalue weighted by Gasteiger charge is -2.24. The molecule has 1 aromatic carbocycles. The van der Waals surface area contributed by atoms with Gasteiger partial charge in [0.15, 0.2) is 0 Å². The maximum Gasteiger partial charge on any atom is 0.0681 e. The van der Waals surface area contributed by atoms with Gasteiger partial charge in [0.1, 0.15) is 0 Å². The van der Waals surface area contributed by atoms with Crippen LogP contribution in [0.4, 0.5) is 0 Å². The second kappa shape index (κ2) is 4.09. The Labute approximate surface area is 83.4 Å². The van der Waals surface area contributed by atoms with Crippen LogP contribution in [0.15, 0.2) is 18.2 Å². The van der Waals surface area contributed by atoms with E-state index in [4.69, 9.17) is 10.2 Å². The molecule has 1 atom stereocenters. The van der Waals surface area contributed by atoms with E-state index < -0.39 is 0 Å². The molecule has 0 fully saturated rings. The Hall–Kier alpha value is -0.900. The standard InChI is InChI=1S/C11H15NO2/c13-6-8-1-2-9-5-12-11(7-14)4-10(9)3-8/h1-3,11-14H,4-7H2/t11-/m0/s1. The Balaban J connectivity index is 2.25. The van der Waals surface area contributed by atoms with Crippen molar-refractivity contribution >= 4 is 0 Å². The summed E-state index contributed by atoms with van der Waals surface area (Å²) in [5, 5.41) is 21.3. The Morgan fingerprint density at radius 3 is 2.86 bits per heavy atom. The molecular weight excluding hydrogens is 178 g/mol. The molecule has 0 unspecified atom stereocenters. The van der Waals surface area contributed by atoms with Crippen LogP contribution in [-0.2, 0) is 19.6 Å². The summed E-state index contributed by atoms with van der Waals surface area (Å²) in [6, 6.07) is 6.18. The SMILES string of the molecule is OCc1ccc2c(c1)C[C@@H](CO)NC2. The summed E-state index contributed by atoms with van der Waals surface area (Å²) in [6.07, 6.45) is 0.847. The first-order valence-electron chi connectivity index (χ1n) is 4.89. The maximum absolute atomic E-state index is 9.03. The number of hydrogen-bond donors (Lipinski definition) is 3. The van der Waals surface area contributed by atoms with E-state index in [9.17, 15) is 0 Å². The van der Waals surface area contributed by atoms with Crippen molar-refractivity contribution in [2.75, 3.05) is 6.61 Å². The number of nitrogens with one attached hydrogen (secondary N) is 1. The van der Waals surface area contributed by atoms with Crippen LogP contribution in [0.1, 0.15) is 16.7 Å². The second-order valence-corrected chi connectivity index (χ2v) is 3.73. The lowest BCUT2D eigenvalue weighted by molar-refractivity contribution is 0.235. The summed E-state index contributed by atoms with van der Waals surface area (Å²) in [7, 11) is 0. The number of aliphatic hydroxyl groups is 2. The second-order valence-electron chi connectivity index (χ2n) is 3.73. The molecule has 0 bridgehead atoms. The molecule has 0 aliphatic carbocycles. The first kappa shape index (κ1) is 9.65. The highest BCUT2D eigenvalue weighted by molar-refractivity contribution is 5.34. The minimum Gasteiger partial charge on any atom is -0.395 e. The van der Waals surface area contributed by atoms with Crippen LogP contribution in [0.5, 0.6) is 0 Å². The van der Waals surface area contributed by atoms with Gasteiger partial charge in [0.25, 0.3) is 0 Å². The molecular formula is C11H15NO2. The highest BCUT2D eigenvalue weighted by atomic mass is 16.3. The predicted molar refractivity (Wildman–Crippen MR) is 53.8 cm³/mol. The molecule has 1 aromatic rings. The molecule has 0 saturated heterocycles. The first-order valence-corrected chi connectivity index (χ1v) is 4.89. The fourth-order valence-corrected chi connectivity index (χ4v) is 1.86. The van der Waals surface area contributed by atoms with Crippen LogP contribution in [0.3, 0.4) is 0 Å². The van der Waals surface area contributed by atoms with Crippen LogP contribution in [0, 0.1) is 0 Å². The zero-order chi connectivity index (χ0) is 9.97. The number of aliphatic hydroxyl groups excluding tert-OH is 2. The van der Waals surface area contributed by atoms with Gasteiger partial charge < -0.3 is 15.5 Å². The third-order valence-corrected chi connectivity index (χ3v) is 2.72. The monoisotopic (exact) mass is 193 g/mol. The number of benzene rings is 1. The molecule has 14 heavy (non-hydrogen) atoms. The summed E-state index contributed by atoms with van der Waals surface area (Å²) in [5.74, 6) is 0. The van der Waals surface area contributed by atoms with E-state index in [1.807, 2.05) is 18.2 Å². The van der Waals surface area contributed by atoms with Gasteiger partial charge in [-0.25, -0.2) is 0 Å². The van der Waals surface area contributed by atoms with E-state index in [0.717, 1.165) is 18.5 Å². The summed E-state index contributed by atoms with van der Waals surface area (Å²) in [5.41, 5.74) is 3.46. The van der Waals surface area contributed by atoms with Crippen molar-refractivity contribution in [3.8, 4) is 0 Å². The van der Waals surface area contributed by atoms with Crippen molar-refractivity contribution < 1.29 is 10.2 Å². The molecule has 3 heteroatoms. The zero-order valence-corrected chi connectivity index (χ0v) is 8.03. The van der Waals surface area contributed by atoms with E-state index in [-0.39, 0.29) is 19.3 Å². The van der Waals surface area contributed by atoms with Crippen LogP contribution in [0.2, 0.25) is 0 Å². The predicted octanol–water partition coefficient (Wildman–Crippen LogP) is 0.186. The molecule has 1 aliphatic rings. The number of rotatable bonds is 2. The molecule has 0 amide bonds. The normalized spacial score (nSPS) is 20.6. The van der Waals surface area contributed by atoms with Crippen molar-refractivity contribution in [1.82, 2.24) is 5.32 Å². The van der Waals surface area contributed by atoms with E-state index in [1.165, 1.54) is 11.1 Å². The van der Waals surface area contributed by atoms with Gasteiger partial charge in [-0.3, -0.25) is 0 Å². The van der Waals surface area contributed by atoms with Crippen LogP contribution in [-0.4, -0.2) is 22.9 Å². The van der Waals surface area contributed by atoms with Crippen molar-refractivity contribution in [1.29, 1.82) is 0 Å². The van der Waals surface area contributed by atoms with Gasteiger partial charge in [-0.15, -0.1) is 0 Å². The average molecular weight is 193 g/mol. The van der Waals surface area contributed by atoms with Crippen LogP contribution < -0.4 is 5.32 Å². The third-order valence-electron chi connectivity index (χ3n) is 2.72. The fraction of sp³-hybridized carbons (Fsp3) is 0.455. The zero-order valence-electron chi connectivity index (χ0n) is 8.03. The van der Waals surface area contributed by atoms with Gasteiger partial charge in [0.2, 0.25) is 0 Å². The largest absolute Gasteiger partial charge is 0.395 e. The molecule has 0 aromatic heterocycles. The maximum atomic E-state index is 9.03. The topological polar surface area (TPSA) is 52.5 Å². The molecule has 2 rings (SSSR count). The summed E-state index contributed by atoms with van der Waals surface area (Å²) in [4.78, 5) is 0. The molecule has 0 saturated carbocycles. The molecule has 0 radical (unpaired) electrons. The molecule has 3 N–H and O–H groups in total. The van der Waals surface area contributed by atoms with Gasteiger partial charge in [0.05, 0.1) is 13.2 Å². The van der Waals surface area contributed by atoms with Gasteiger partial charge in [-0.1, -0.05) is 18.2 Å². The summed E-state index contributed by atoms with van der Waals surface area (Å²) < 4.78 is 0. The van der Waals surface area contributed by atoms with Gasteiger partial charge in [0, 0.05) is 12.6 Å². The van der Waals surface area contributed by atoms with E-state index in [0.29, 0.717) is 0 Å². The van der Waals surface area contributed by atoms with Crippen molar-refractivity contribution in [3.63, 3.8) is 0 Å².